The van der Waals surface area contributed by atoms with Gasteiger partial charge in [-0.2, -0.15) is 13.1 Å². The minimum absolute atomic E-state index is 0. The van der Waals surface area contributed by atoms with Gasteiger partial charge in [-0.15, -0.1) is 12.4 Å². The number of hydrogen-bond donors (Lipinski definition) is 1. The highest BCUT2D eigenvalue weighted by atomic mass is 35.5. The number of halogens is 4. The highest BCUT2D eigenvalue weighted by molar-refractivity contribution is 7.89. The van der Waals surface area contributed by atoms with E-state index < -0.39 is 28.2 Å². The molecule has 1 aromatic carbocycles. The van der Waals surface area contributed by atoms with Crippen LogP contribution in [0.2, 0.25) is 0 Å². The highest BCUT2D eigenvalue weighted by Crippen LogP contribution is 2.28. The molecule has 1 heterocycles. The molecular formula is C15H22ClF3N2O3S. The molecule has 0 saturated carbocycles. The maximum absolute atomic E-state index is 13.8. The Morgan fingerprint density at radius 3 is 2.48 bits per heavy atom. The van der Waals surface area contributed by atoms with Crippen LogP contribution in [-0.4, -0.2) is 46.0 Å². The lowest BCUT2D eigenvalue weighted by molar-refractivity contribution is -0.0522. The first-order valence-electron chi connectivity index (χ1n) is 7.73. The van der Waals surface area contributed by atoms with Crippen LogP contribution in [0.4, 0.5) is 13.2 Å². The van der Waals surface area contributed by atoms with Crippen molar-refractivity contribution in [1.29, 1.82) is 0 Å². The Hall–Kier alpha value is -1.03. The molecule has 0 amide bonds. The predicted molar refractivity (Wildman–Crippen MR) is 90.3 cm³/mol. The predicted octanol–water partition coefficient (Wildman–Crippen LogP) is 2.86. The molecule has 0 atom stereocenters. The molecule has 2 rings (SSSR count). The van der Waals surface area contributed by atoms with E-state index in [4.69, 9.17) is 0 Å². The van der Waals surface area contributed by atoms with Crippen LogP contribution in [0.15, 0.2) is 23.1 Å². The van der Waals surface area contributed by atoms with Gasteiger partial charge in [0, 0.05) is 13.1 Å². The van der Waals surface area contributed by atoms with Crippen molar-refractivity contribution in [3.8, 4) is 5.75 Å². The number of hydrogen-bond acceptors (Lipinski definition) is 4. The second kappa shape index (κ2) is 9.61. The zero-order valence-corrected chi connectivity index (χ0v) is 15.4. The van der Waals surface area contributed by atoms with Crippen molar-refractivity contribution in [3.05, 3.63) is 24.0 Å². The Morgan fingerprint density at radius 2 is 1.96 bits per heavy atom. The van der Waals surface area contributed by atoms with Crippen LogP contribution in [0.1, 0.15) is 19.3 Å². The van der Waals surface area contributed by atoms with Crippen LogP contribution in [0.25, 0.3) is 0 Å². The van der Waals surface area contributed by atoms with Gasteiger partial charge in [0.05, 0.1) is 4.90 Å². The van der Waals surface area contributed by atoms with Crippen molar-refractivity contribution in [2.24, 2.45) is 5.92 Å². The van der Waals surface area contributed by atoms with Crippen molar-refractivity contribution in [2.75, 3.05) is 26.7 Å². The van der Waals surface area contributed by atoms with E-state index >= 15 is 0 Å². The number of sulfonamides is 1. The van der Waals surface area contributed by atoms with Gasteiger partial charge in [0.15, 0.2) is 11.6 Å². The Balaban J connectivity index is 0.00000312. The van der Waals surface area contributed by atoms with Crippen LogP contribution >= 0.6 is 12.4 Å². The molecule has 1 aliphatic heterocycles. The first-order chi connectivity index (χ1) is 11.3. The second-order valence-electron chi connectivity index (χ2n) is 5.71. The summed E-state index contributed by atoms with van der Waals surface area (Å²) in [5.74, 6) is -1.34. The number of alkyl halides is 2. The molecule has 1 N–H and O–H groups in total. The number of nitrogens with zero attached hydrogens (tertiary/aromatic N) is 1. The average molecular weight is 403 g/mol. The molecule has 0 unspecified atom stereocenters. The van der Waals surface area contributed by atoms with E-state index in [1.54, 1.807) is 0 Å². The highest BCUT2D eigenvalue weighted by Gasteiger charge is 2.30. The molecule has 5 nitrogen and oxygen atoms in total. The Morgan fingerprint density at radius 1 is 1.32 bits per heavy atom. The van der Waals surface area contributed by atoms with E-state index in [0.29, 0.717) is 19.0 Å². The summed E-state index contributed by atoms with van der Waals surface area (Å²) in [6.07, 6.45) is 2.48. The van der Waals surface area contributed by atoms with Gasteiger partial charge in [0.25, 0.3) is 0 Å². The first-order valence-corrected chi connectivity index (χ1v) is 9.17. The lowest BCUT2D eigenvalue weighted by Crippen LogP contribution is -2.38. The number of ether oxygens (including phenoxy) is 1. The molecule has 0 radical (unpaired) electrons. The van der Waals surface area contributed by atoms with E-state index in [-0.39, 0.29) is 17.3 Å². The van der Waals surface area contributed by atoms with Gasteiger partial charge in [-0.1, -0.05) is 0 Å². The summed E-state index contributed by atoms with van der Waals surface area (Å²) in [5.41, 5.74) is 0. The van der Waals surface area contributed by atoms with Gasteiger partial charge in [-0.05, 0) is 57.0 Å². The molecule has 25 heavy (non-hydrogen) atoms. The SMILES string of the molecule is CNCCC1CCN(S(=O)(=O)c2ccc(OC(F)F)c(F)c2)CC1.Cl. The summed E-state index contributed by atoms with van der Waals surface area (Å²) < 4.78 is 68.4. The smallest absolute Gasteiger partial charge is 0.387 e. The van der Waals surface area contributed by atoms with Crippen molar-refractivity contribution >= 4 is 22.4 Å². The number of rotatable bonds is 7. The molecule has 1 aliphatic rings. The summed E-state index contributed by atoms with van der Waals surface area (Å²) in [5, 5.41) is 3.07. The fourth-order valence-electron chi connectivity index (χ4n) is 2.77. The molecular weight excluding hydrogens is 381 g/mol. The first kappa shape index (κ1) is 22.0. The summed E-state index contributed by atoms with van der Waals surface area (Å²) in [7, 11) is -1.97. The topological polar surface area (TPSA) is 58.6 Å². The van der Waals surface area contributed by atoms with Crippen molar-refractivity contribution in [2.45, 2.75) is 30.8 Å². The maximum Gasteiger partial charge on any atom is 0.387 e. The number of piperidine rings is 1. The average Bonchev–Trinajstić information content (AvgIpc) is 2.54. The Bertz CT molecular complexity index is 653. The molecule has 1 aromatic rings. The third-order valence-corrected chi connectivity index (χ3v) is 6.03. The summed E-state index contributed by atoms with van der Waals surface area (Å²) in [6.45, 7) is -1.55. The van der Waals surface area contributed by atoms with Gasteiger partial charge in [-0.25, -0.2) is 12.8 Å². The number of benzene rings is 1. The third-order valence-electron chi connectivity index (χ3n) is 4.13. The zero-order valence-electron chi connectivity index (χ0n) is 13.8. The van der Waals surface area contributed by atoms with Crippen molar-refractivity contribution in [1.82, 2.24) is 9.62 Å². The van der Waals surface area contributed by atoms with E-state index in [2.05, 4.69) is 10.1 Å². The molecule has 144 valence electrons. The van der Waals surface area contributed by atoms with Crippen LogP contribution < -0.4 is 10.1 Å². The zero-order chi connectivity index (χ0) is 17.7. The van der Waals surface area contributed by atoms with Gasteiger partial charge < -0.3 is 10.1 Å². The van der Waals surface area contributed by atoms with Gasteiger partial charge >= 0.3 is 6.61 Å². The molecule has 0 spiro atoms. The van der Waals surface area contributed by atoms with E-state index in [1.807, 2.05) is 7.05 Å². The fraction of sp³-hybridized carbons (Fsp3) is 0.600. The molecule has 0 aliphatic carbocycles. The van der Waals surface area contributed by atoms with Gasteiger partial charge in [0.1, 0.15) is 0 Å². The number of nitrogens with one attached hydrogen (secondary N) is 1. The third kappa shape index (κ3) is 5.73. The molecule has 1 fully saturated rings. The molecule has 1 saturated heterocycles. The molecule has 10 heteroatoms. The van der Waals surface area contributed by atoms with Gasteiger partial charge in [0.2, 0.25) is 10.0 Å². The summed E-state index contributed by atoms with van der Waals surface area (Å²) >= 11 is 0. The standard InChI is InChI=1S/C15H21F3N2O3S.ClH/c1-19-7-4-11-5-8-20(9-6-11)24(21,22)12-2-3-14(13(16)10-12)23-15(17)18;/h2-3,10-11,15,19H,4-9H2,1H3;1H. The van der Waals surface area contributed by atoms with Crippen LogP contribution in [0, 0.1) is 11.7 Å². The van der Waals surface area contributed by atoms with E-state index in [1.165, 1.54) is 4.31 Å². The quantitative estimate of drug-likeness (QED) is 0.762. The fourth-order valence-corrected chi connectivity index (χ4v) is 4.25. The lowest BCUT2D eigenvalue weighted by atomic mass is 9.95. The van der Waals surface area contributed by atoms with E-state index in [0.717, 1.165) is 44.0 Å². The molecule has 0 aromatic heterocycles. The van der Waals surface area contributed by atoms with E-state index in [9.17, 15) is 21.6 Å². The Kier molecular flexibility index (Phi) is 8.46. The molecule has 0 bridgehead atoms. The minimum Gasteiger partial charge on any atom is -0.432 e. The second-order valence-corrected chi connectivity index (χ2v) is 7.65. The largest absolute Gasteiger partial charge is 0.432 e. The van der Waals surface area contributed by atoms with Crippen molar-refractivity contribution < 1.29 is 26.3 Å². The Labute approximate surface area is 152 Å². The lowest BCUT2D eigenvalue weighted by Gasteiger charge is -2.31. The van der Waals surface area contributed by atoms with Crippen molar-refractivity contribution in [3.63, 3.8) is 0 Å². The van der Waals surface area contributed by atoms with Gasteiger partial charge in [-0.3, -0.25) is 0 Å². The van der Waals surface area contributed by atoms with Crippen LogP contribution in [-0.2, 0) is 10.0 Å². The minimum atomic E-state index is -3.84. The monoisotopic (exact) mass is 402 g/mol. The summed E-state index contributed by atoms with van der Waals surface area (Å²) in [4.78, 5) is -0.254. The van der Waals surface area contributed by atoms with Crippen LogP contribution in [0.5, 0.6) is 5.75 Å². The van der Waals surface area contributed by atoms with Crippen LogP contribution in [0.3, 0.4) is 0 Å². The normalized spacial score (nSPS) is 16.7. The maximum atomic E-state index is 13.8. The summed E-state index contributed by atoms with van der Waals surface area (Å²) in [6, 6.07) is 2.72.